The Kier molecular flexibility index (Phi) is 14.8. The minimum Gasteiger partial charge on any atom is -0.313 e. The Balaban J connectivity index is 1.31. The van der Waals surface area contributed by atoms with Gasteiger partial charge in [-0.3, -0.25) is 20.0 Å². The molecule has 4 bridgehead atoms. The van der Waals surface area contributed by atoms with Crippen molar-refractivity contribution in [3.05, 3.63) is 95.1 Å². The van der Waals surface area contributed by atoms with Gasteiger partial charge in [0, 0.05) is 63.5 Å². The predicted molar refractivity (Wildman–Crippen MR) is 185 cm³/mol. The van der Waals surface area contributed by atoms with E-state index in [0.717, 1.165) is 89.3 Å². The first-order chi connectivity index (χ1) is 21.3. The Bertz CT molecular complexity index is 1230. The van der Waals surface area contributed by atoms with Gasteiger partial charge in [-0.15, -0.1) is 0 Å². The van der Waals surface area contributed by atoms with Crippen LogP contribution in [0.4, 0.5) is 0 Å². The molecule has 3 unspecified atom stereocenters. The Morgan fingerprint density at radius 3 is 2.21 bits per heavy atom. The molecule has 0 saturated carbocycles. The minimum atomic E-state index is 0.238. The highest BCUT2D eigenvalue weighted by atomic mass is 14.9. The van der Waals surface area contributed by atoms with Crippen LogP contribution in [-0.4, -0.2) is 83.3 Å². The molecule has 0 saturated heterocycles. The van der Waals surface area contributed by atoms with Crippen LogP contribution in [0.25, 0.3) is 0 Å². The van der Waals surface area contributed by atoms with Crippen molar-refractivity contribution in [2.45, 2.75) is 38.8 Å². The lowest BCUT2D eigenvalue weighted by molar-refractivity contribution is 0.513. The molecule has 7 heteroatoms. The van der Waals surface area contributed by atoms with E-state index in [-0.39, 0.29) is 6.04 Å². The number of allylic oxidation sites excluding steroid dienone is 4. The van der Waals surface area contributed by atoms with Crippen molar-refractivity contribution < 1.29 is 0 Å². The normalized spacial score (nSPS) is 22.2. The van der Waals surface area contributed by atoms with Crippen molar-refractivity contribution in [2.75, 3.05) is 52.4 Å². The summed E-state index contributed by atoms with van der Waals surface area (Å²) in [5, 5.41) is 10.6. The molecule has 7 rings (SSSR count). The molecule has 0 radical (unpaired) electrons. The standard InChI is InChI=1S/C36H49N7/c1-30-23-34-14-15-35(30)28-41-20-18-37-17-19-39-25-32-10-12-33(13-11-32)26-40-21-22-42-29-36(43-27-34)9-5-6-16-38-24-31-7-3-2-4-8-31/h2-4,7-8,10-15,23,25-28,30,35-38,42H,5-6,9,16-22,24,29H2,1H3. The summed E-state index contributed by atoms with van der Waals surface area (Å²) in [6.45, 7) is 9.87. The van der Waals surface area contributed by atoms with Gasteiger partial charge >= 0.3 is 0 Å². The highest BCUT2D eigenvalue weighted by Gasteiger charge is 2.14. The van der Waals surface area contributed by atoms with Crippen molar-refractivity contribution in [2.24, 2.45) is 31.8 Å². The largest absolute Gasteiger partial charge is 0.313 e. The van der Waals surface area contributed by atoms with Crippen LogP contribution in [0.2, 0.25) is 0 Å². The highest BCUT2D eigenvalue weighted by molar-refractivity contribution is 5.84. The van der Waals surface area contributed by atoms with E-state index in [1.807, 2.05) is 12.4 Å². The number of unbranched alkanes of at least 4 members (excludes halogenated alkanes) is 1. The van der Waals surface area contributed by atoms with Gasteiger partial charge in [-0.2, -0.15) is 0 Å². The number of nitrogens with zero attached hydrogens (tertiary/aromatic N) is 4. The maximum absolute atomic E-state index is 5.04. The van der Waals surface area contributed by atoms with Crippen LogP contribution in [0.1, 0.15) is 42.9 Å². The fourth-order valence-corrected chi connectivity index (χ4v) is 5.05. The summed E-state index contributed by atoms with van der Waals surface area (Å²) in [7, 11) is 0. The average molecular weight is 580 g/mol. The number of aliphatic imine (C=N–C) groups is 4. The second-order valence-electron chi connectivity index (χ2n) is 11.3. The number of nitrogens with one attached hydrogen (secondary N) is 3. The molecule has 3 atom stereocenters. The van der Waals surface area contributed by atoms with E-state index in [2.05, 4.69) is 123 Å². The SMILES string of the molecule is CC1C=C2C=CC1C=NCCNCCN=Cc1ccc(cc1)C=NCCNCC(CCCCNCc1ccccc1)N=C2. The number of benzene rings is 2. The van der Waals surface area contributed by atoms with E-state index < -0.39 is 0 Å². The van der Waals surface area contributed by atoms with Crippen molar-refractivity contribution in [1.29, 1.82) is 0 Å². The third kappa shape index (κ3) is 13.1. The smallest absolute Gasteiger partial charge is 0.0624 e. The van der Waals surface area contributed by atoms with E-state index in [0.29, 0.717) is 11.8 Å². The molecule has 0 fully saturated rings. The zero-order valence-corrected chi connectivity index (χ0v) is 25.7. The molecular weight excluding hydrogens is 530 g/mol. The van der Waals surface area contributed by atoms with Gasteiger partial charge < -0.3 is 16.0 Å². The molecule has 4 aliphatic heterocycles. The quantitative estimate of drug-likeness (QED) is 0.407. The first kappa shape index (κ1) is 32.4. The van der Waals surface area contributed by atoms with Crippen molar-refractivity contribution in [3.63, 3.8) is 0 Å². The second-order valence-corrected chi connectivity index (χ2v) is 11.3. The molecule has 5 aliphatic rings. The predicted octanol–water partition coefficient (Wildman–Crippen LogP) is 4.94. The van der Waals surface area contributed by atoms with Gasteiger partial charge in [-0.25, -0.2) is 0 Å². The Hall–Kier alpha value is -3.52. The van der Waals surface area contributed by atoms with Crippen LogP contribution in [0.3, 0.4) is 0 Å². The number of hydrogen-bond acceptors (Lipinski definition) is 7. The fraction of sp³-hybridized carbons (Fsp3) is 0.444. The molecule has 0 spiro atoms. The van der Waals surface area contributed by atoms with Crippen LogP contribution in [0.15, 0.2) is 98.4 Å². The fourth-order valence-electron chi connectivity index (χ4n) is 5.05. The summed E-state index contributed by atoms with van der Waals surface area (Å²) in [5.74, 6) is 0.725. The summed E-state index contributed by atoms with van der Waals surface area (Å²) in [6, 6.07) is 19.2. The van der Waals surface area contributed by atoms with E-state index in [9.17, 15) is 0 Å². The summed E-state index contributed by atoms with van der Waals surface area (Å²) in [4.78, 5) is 18.9. The molecule has 0 amide bonds. The van der Waals surface area contributed by atoms with Crippen LogP contribution in [0.5, 0.6) is 0 Å². The minimum absolute atomic E-state index is 0.238. The lowest BCUT2D eigenvalue weighted by Gasteiger charge is -2.19. The van der Waals surface area contributed by atoms with Crippen molar-refractivity contribution >= 4 is 24.9 Å². The third-order valence-electron chi connectivity index (χ3n) is 7.65. The number of hydrogen-bond donors (Lipinski definition) is 3. The maximum atomic E-state index is 5.04. The van der Waals surface area contributed by atoms with Gasteiger partial charge in [0.05, 0.1) is 25.7 Å². The Morgan fingerprint density at radius 2 is 1.49 bits per heavy atom. The van der Waals surface area contributed by atoms with Gasteiger partial charge in [-0.1, -0.05) is 86.2 Å². The van der Waals surface area contributed by atoms with E-state index in [4.69, 9.17) is 4.99 Å². The van der Waals surface area contributed by atoms with E-state index in [1.165, 1.54) is 11.1 Å². The summed E-state index contributed by atoms with van der Waals surface area (Å²) in [6.07, 6.45) is 18.2. The Labute approximate surface area is 258 Å². The summed E-state index contributed by atoms with van der Waals surface area (Å²) >= 11 is 0. The van der Waals surface area contributed by atoms with Crippen LogP contribution >= 0.6 is 0 Å². The van der Waals surface area contributed by atoms with E-state index in [1.54, 1.807) is 0 Å². The lowest BCUT2D eigenvalue weighted by atomic mass is 9.88. The van der Waals surface area contributed by atoms with Gasteiger partial charge in [0.1, 0.15) is 0 Å². The van der Waals surface area contributed by atoms with Crippen molar-refractivity contribution in [3.8, 4) is 0 Å². The van der Waals surface area contributed by atoms with Crippen LogP contribution in [0, 0.1) is 11.8 Å². The first-order valence-corrected chi connectivity index (χ1v) is 16.0. The molecule has 7 nitrogen and oxygen atoms in total. The number of rotatable bonds is 7. The molecule has 2 aromatic carbocycles. The topological polar surface area (TPSA) is 85.5 Å². The second kappa shape index (κ2) is 19.6. The molecule has 4 heterocycles. The maximum Gasteiger partial charge on any atom is 0.0624 e. The van der Waals surface area contributed by atoms with Gasteiger partial charge in [-0.05, 0) is 47.6 Å². The third-order valence-corrected chi connectivity index (χ3v) is 7.65. The molecular formula is C36H49N7. The Morgan fingerprint density at radius 1 is 0.791 bits per heavy atom. The van der Waals surface area contributed by atoms with Gasteiger partial charge in [0.15, 0.2) is 0 Å². The molecule has 3 N–H and O–H groups in total. The molecule has 2 aromatic rings. The summed E-state index contributed by atoms with van der Waals surface area (Å²) < 4.78 is 0. The molecule has 228 valence electrons. The zero-order valence-electron chi connectivity index (χ0n) is 25.7. The van der Waals surface area contributed by atoms with Crippen LogP contribution < -0.4 is 16.0 Å². The molecule has 43 heavy (non-hydrogen) atoms. The van der Waals surface area contributed by atoms with E-state index >= 15 is 0 Å². The summed E-state index contributed by atoms with van der Waals surface area (Å²) in [5.41, 5.74) is 4.73. The van der Waals surface area contributed by atoms with Crippen molar-refractivity contribution in [1.82, 2.24) is 16.0 Å². The average Bonchev–Trinajstić information content (AvgIpc) is 3.03. The van der Waals surface area contributed by atoms with Gasteiger partial charge in [0.2, 0.25) is 0 Å². The molecule has 1 aliphatic carbocycles. The van der Waals surface area contributed by atoms with Gasteiger partial charge in [0.25, 0.3) is 0 Å². The zero-order chi connectivity index (χ0) is 29.8. The lowest BCUT2D eigenvalue weighted by Crippen LogP contribution is -2.28. The molecule has 0 aromatic heterocycles. The highest BCUT2D eigenvalue weighted by Crippen LogP contribution is 2.21. The van der Waals surface area contributed by atoms with Crippen LogP contribution in [-0.2, 0) is 6.54 Å². The first-order valence-electron chi connectivity index (χ1n) is 16.0. The monoisotopic (exact) mass is 579 g/mol.